The average Bonchev–Trinajstić information content (AvgIpc) is 2.61. The Morgan fingerprint density at radius 1 is 1.12 bits per heavy atom. The molecule has 0 unspecified atom stereocenters. The molecule has 138 valence electrons. The van der Waals surface area contributed by atoms with Crippen LogP contribution in [0.1, 0.15) is 13.8 Å². The fourth-order valence-electron chi connectivity index (χ4n) is 3.71. The molecule has 2 saturated heterocycles. The summed E-state index contributed by atoms with van der Waals surface area (Å²) < 4.78 is 11.2. The number of methoxy groups -OCH3 is 1. The number of morpholine rings is 1. The Kier molecular flexibility index (Phi) is 5.81. The fraction of sp³-hybridized carbons (Fsp3) is 0.632. The van der Waals surface area contributed by atoms with Gasteiger partial charge in [0.1, 0.15) is 5.75 Å². The van der Waals surface area contributed by atoms with E-state index in [9.17, 15) is 4.79 Å². The van der Waals surface area contributed by atoms with Crippen molar-refractivity contribution in [3.63, 3.8) is 0 Å². The lowest BCUT2D eigenvalue weighted by atomic mass is 10.2. The SMILES string of the molecule is COc1ccccc1N1CCN(CC(=O)N2C[C@@H](C)O[C@H](C)C2)CC1. The first-order valence-corrected chi connectivity index (χ1v) is 9.10. The first-order valence-electron chi connectivity index (χ1n) is 9.10. The highest BCUT2D eigenvalue weighted by Crippen LogP contribution is 2.28. The molecule has 6 heteroatoms. The molecule has 25 heavy (non-hydrogen) atoms. The maximum Gasteiger partial charge on any atom is 0.236 e. The summed E-state index contributed by atoms with van der Waals surface area (Å²) in [6.45, 7) is 9.55. The van der Waals surface area contributed by atoms with E-state index in [0.29, 0.717) is 19.6 Å². The van der Waals surface area contributed by atoms with Crippen LogP contribution in [0.2, 0.25) is 0 Å². The Morgan fingerprint density at radius 3 is 2.40 bits per heavy atom. The van der Waals surface area contributed by atoms with Crippen LogP contribution in [-0.4, -0.2) is 80.8 Å². The Hall–Kier alpha value is -1.79. The lowest BCUT2D eigenvalue weighted by molar-refractivity contribution is -0.144. The Labute approximate surface area is 150 Å². The highest BCUT2D eigenvalue weighted by Gasteiger charge is 2.28. The molecule has 2 fully saturated rings. The largest absolute Gasteiger partial charge is 0.495 e. The molecule has 1 aromatic carbocycles. The van der Waals surface area contributed by atoms with Gasteiger partial charge in [-0.3, -0.25) is 9.69 Å². The number of nitrogens with zero attached hydrogens (tertiary/aromatic N) is 3. The van der Waals surface area contributed by atoms with Gasteiger partial charge in [-0.2, -0.15) is 0 Å². The third-order valence-corrected chi connectivity index (χ3v) is 4.93. The first kappa shape index (κ1) is 18.0. The summed E-state index contributed by atoms with van der Waals surface area (Å²) in [7, 11) is 1.71. The number of para-hydroxylation sites is 2. The molecule has 1 aromatic rings. The molecule has 6 nitrogen and oxygen atoms in total. The van der Waals surface area contributed by atoms with Crippen LogP contribution in [0.25, 0.3) is 0 Å². The monoisotopic (exact) mass is 347 g/mol. The van der Waals surface area contributed by atoms with Crippen LogP contribution < -0.4 is 9.64 Å². The van der Waals surface area contributed by atoms with Gasteiger partial charge in [-0.1, -0.05) is 12.1 Å². The zero-order valence-electron chi connectivity index (χ0n) is 15.5. The Bertz CT molecular complexity index is 577. The molecule has 0 aliphatic carbocycles. The zero-order chi connectivity index (χ0) is 17.8. The highest BCUT2D eigenvalue weighted by molar-refractivity contribution is 5.78. The minimum Gasteiger partial charge on any atom is -0.495 e. The van der Waals surface area contributed by atoms with E-state index in [1.165, 1.54) is 0 Å². The van der Waals surface area contributed by atoms with Crippen molar-refractivity contribution in [3.8, 4) is 5.75 Å². The number of hydrogen-bond donors (Lipinski definition) is 0. The molecular weight excluding hydrogens is 318 g/mol. The number of carbonyl (C=O) groups is 1. The van der Waals surface area contributed by atoms with Crippen LogP contribution in [0.4, 0.5) is 5.69 Å². The van der Waals surface area contributed by atoms with Crippen LogP contribution in [-0.2, 0) is 9.53 Å². The number of carbonyl (C=O) groups excluding carboxylic acids is 1. The van der Waals surface area contributed by atoms with E-state index in [1.807, 2.05) is 36.9 Å². The second kappa shape index (κ2) is 8.06. The minimum atomic E-state index is 0.120. The van der Waals surface area contributed by atoms with Crippen molar-refractivity contribution in [1.29, 1.82) is 0 Å². The van der Waals surface area contributed by atoms with E-state index in [4.69, 9.17) is 9.47 Å². The average molecular weight is 347 g/mol. The van der Waals surface area contributed by atoms with Crippen LogP contribution in [0.3, 0.4) is 0 Å². The summed E-state index contributed by atoms with van der Waals surface area (Å²) in [6.07, 6.45) is 0.241. The molecular formula is C19H29N3O3. The molecule has 0 N–H and O–H groups in total. The quantitative estimate of drug-likeness (QED) is 0.825. The van der Waals surface area contributed by atoms with Crippen molar-refractivity contribution in [2.45, 2.75) is 26.1 Å². The van der Waals surface area contributed by atoms with Gasteiger partial charge in [0, 0.05) is 39.3 Å². The van der Waals surface area contributed by atoms with E-state index < -0.39 is 0 Å². The summed E-state index contributed by atoms with van der Waals surface area (Å²) in [5.74, 6) is 1.12. The number of ether oxygens (including phenoxy) is 2. The van der Waals surface area contributed by atoms with E-state index in [2.05, 4.69) is 15.9 Å². The predicted molar refractivity (Wildman–Crippen MR) is 98.2 cm³/mol. The van der Waals surface area contributed by atoms with Gasteiger partial charge in [0.05, 0.1) is 31.5 Å². The van der Waals surface area contributed by atoms with Crippen LogP contribution >= 0.6 is 0 Å². The van der Waals surface area contributed by atoms with Crippen LogP contribution in [0.15, 0.2) is 24.3 Å². The summed E-state index contributed by atoms with van der Waals surface area (Å²) >= 11 is 0. The van der Waals surface area contributed by atoms with Crippen LogP contribution in [0, 0.1) is 0 Å². The molecule has 1 amide bonds. The minimum absolute atomic E-state index is 0.120. The van der Waals surface area contributed by atoms with E-state index in [-0.39, 0.29) is 18.1 Å². The third-order valence-electron chi connectivity index (χ3n) is 4.93. The van der Waals surface area contributed by atoms with Gasteiger partial charge in [0.15, 0.2) is 0 Å². The smallest absolute Gasteiger partial charge is 0.236 e. The summed E-state index contributed by atoms with van der Waals surface area (Å²) in [6, 6.07) is 8.11. The highest BCUT2D eigenvalue weighted by atomic mass is 16.5. The van der Waals surface area contributed by atoms with Gasteiger partial charge >= 0.3 is 0 Å². The topological polar surface area (TPSA) is 45.2 Å². The summed E-state index contributed by atoms with van der Waals surface area (Å²) in [4.78, 5) is 19.1. The predicted octanol–water partition coefficient (Wildman–Crippen LogP) is 1.45. The fourth-order valence-corrected chi connectivity index (χ4v) is 3.71. The van der Waals surface area contributed by atoms with Gasteiger partial charge in [-0.25, -0.2) is 0 Å². The van der Waals surface area contributed by atoms with Crippen molar-refractivity contribution < 1.29 is 14.3 Å². The lowest BCUT2D eigenvalue weighted by Crippen LogP contribution is -2.54. The molecule has 2 heterocycles. The van der Waals surface area contributed by atoms with Crippen molar-refractivity contribution >= 4 is 11.6 Å². The van der Waals surface area contributed by atoms with E-state index >= 15 is 0 Å². The van der Waals surface area contributed by atoms with Crippen molar-refractivity contribution in [1.82, 2.24) is 9.80 Å². The lowest BCUT2D eigenvalue weighted by Gasteiger charge is -2.39. The van der Waals surface area contributed by atoms with E-state index in [1.54, 1.807) is 7.11 Å². The number of anilines is 1. The Balaban J connectivity index is 1.51. The van der Waals surface area contributed by atoms with Gasteiger partial charge in [0.2, 0.25) is 5.91 Å². The molecule has 2 aliphatic heterocycles. The maximum absolute atomic E-state index is 12.6. The normalized spacial score (nSPS) is 25.1. The van der Waals surface area contributed by atoms with Gasteiger partial charge in [0.25, 0.3) is 0 Å². The number of amides is 1. The number of rotatable bonds is 4. The second-order valence-electron chi connectivity index (χ2n) is 6.99. The van der Waals surface area contributed by atoms with E-state index in [0.717, 1.165) is 37.6 Å². The molecule has 2 atom stereocenters. The van der Waals surface area contributed by atoms with Crippen molar-refractivity contribution in [3.05, 3.63) is 24.3 Å². The summed E-state index contributed by atoms with van der Waals surface area (Å²) in [5.41, 5.74) is 1.13. The number of benzene rings is 1. The van der Waals surface area contributed by atoms with Crippen LogP contribution in [0.5, 0.6) is 5.75 Å². The molecule has 0 radical (unpaired) electrons. The molecule has 0 spiro atoms. The molecule has 0 bridgehead atoms. The number of piperazine rings is 1. The van der Waals surface area contributed by atoms with Crippen molar-refractivity contribution in [2.75, 3.05) is 57.8 Å². The molecule has 0 aromatic heterocycles. The Morgan fingerprint density at radius 2 is 1.76 bits per heavy atom. The maximum atomic E-state index is 12.6. The first-order chi connectivity index (χ1) is 12.1. The van der Waals surface area contributed by atoms with Gasteiger partial charge < -0.3 is 19.3 Å². The molecule has 0 saturated carbocycles. The third kappa shape index (κ3) is 4.44. The van der Waals surface area contributed by atoms with Gasteiger partial charge in [-0.05, 0) is 26.0 Å². The van der Waals surface area contributed by atoms with Crippen molar-refractivity contribution in [2.24, 2.45) is 0 Å². The second-order valence-corrected chi connectivity index (χ2v) is 6.99. The zero-order valence-corrected chi connectivity index (χ0v) is 15.5. The summed E-state index contributed by atoms with van der Waals surface area (Å²) in [5, 5.41) is 0. The molecule has 3 rings (SSSR count). The standard InChI is InChI=1S/C19H29N3O3/c1-15-12-22(13-16(2)25-15)19(23)14-20-8-10-21(11-9-20)17-6-4-5-7-18(17)24-3/h4-7,15-16H,8-14H2,1-3H3/t15-,16-/m1/s1. The molecule has 2 aliphatic rings. The van der Waals surface area contributed by atoms with Gasteiger partial charge in [-0.15, -0.1) is 0 Å². The number of hydrogen-bond acceptors (Lipinski definition) is 5.